The number of pyridine rings is 2. The quantitative estimate of drug-likeness (QED) is 0.382. The van der Waals surface area contributed by atoms with Crippen molar-refractivity contribution in [2.24, 2.45) is 0 Å². The molecule has 172 valence electrons. The second kappa shape index (κ2) is 8.02. The molecule has 0 amide bonds. The van der Waals surface area contributed by atoms with Crippen molar-refractivity contribution >= 4 is 22.1 Å². The SMILES string of the molecule is Cc1ncccc1-c1cnc2[nH]cc(-c3cc(F)c4nc(C)n(C5CCN(C)CC5)c4c3)c2c1. The molecule has 0 aliphatic carbocycles. The van der Waals surface area contributed by atoms with Gasteiger partial charge in [-0.2, -0.15) is 0 Å². The number of hydrogen-bond donors (Lipinski definition) is 1. The summed E-state index contributed by atoms with van der Waals surface area (Å²) in [7, 11) is 2.15. The third-order valence-corrected chi connectivity index (χ3v) is 7.14. The molecule has 6 rings (SSSR count). The maximum absolute atomic E-state index is 15.3. The zero-order valence-corrected chi connectivity index (χ0v) is 19.6. The lowest BCUT2D eigenvalue weighted by Gasteiger charge is -2.30. The first-order chi connectivity index (χ1) is 16.5. The Balaban J connectivity index is 1.50. The summed E-state index contributed by atoms with van der Waals surface area (Å²) in [5, 5.41) is 0.960. The molecule has 7 heteroatoms. The normalized spacial score (nSPS) is 15.5. The lowest BCUT2D eigenvalue weighted by molar-refractivity contribution is 0.222. The highest BCUT2D eigenvalue weighted by atomic mass is 19.1. The van der Waals surface area contributed by atoms with E-state index in [1.165, 1.54) is 0 Å². The molecule has 1 aliphatic heterocycles. The minimum atomic E-state index is -0.288. The Hall–Kier alpha value is -3.58. The van der Waals surface area contributed by atoms with E-state index in [9.17, 15) is 0 Å². The number of rotatable bonds is 3. The van der Waals surface area contributed by atoms with Gasteiger partial charge in [-0.1, -0.05) is 6.07 Å². The highest BCUT2D eigenvalue weighted by Crippen LogP contribution is 2.36. The minimum Gasteiger partial charge on any atom is -0.346 e. The predicted molar refractivity (Wildman–Crippen MR) is 133 cm³/mol. The van der Waals surface area contributed by atoms with Crippen molar-refractivity contribution in [2.45, 2.75) is 32.7 Å². The first-order valence-corrected chi connectivity index (χ1v) is 11.8. The van der Waals surface area contributed by atoms with Crippen LogP contribution in [0.1, 0.15) is 30.4 Å². The van der Waals surface area contributed by atoms with E-state index >= 15 is 4.39 Å². The molecular formula is C27H27FN6. The molecule has 1 saturated heterocycles. The second-order valence-corrected chi connectivity index (χ2v) is 9.35. The van der Waals surface area contributed by atoms with E-state index in [1.54, 1.807) is 12.3 Å². The van der Waals surface area contributed by atoms with E-state index in [0.717, 1.165) is 76.3 Å². The van der Waals surface area contributed by atoms with E-state index in [4.69, 9.17) is 0 Å². The van der Waals surface area contributed by atoms with Gasteiger partial charge in [-0.15, -0.1) is 0 Å². The summed E-state index contributed by atoms with van der Waals surface area (Å²) in [5.41, 5.74) is 6.84. The van der Waals surface area contributed by atoms with E-state index in [2.05, 4.69) is 48.6 Å². The maximum Gasteiger partial charge on any atom is 0.151 e. The molecule has 5 heterocycles. The van der Waals surface area contributed by atoms with Gasteiger partial charge in [0.25, 0.3) is 0 Å². The largest absolute Gasteiger partial charge is 0.346 e. The number of aryl methyl sites for hydroxylation is 2. The van der Waals surface area contributed by atoms with Crippen LogP contribution in [-0.2, 0) is 0 Å². The Morgan fingerprint density at radius 2 is 1.85 bits per heavy atom. The van der Waals surface area contributed by atoms with E-state index < -0.39 is 0 Å². The third kappa shape index (κ3) is 3.39. The van der Waals surface area contributed by atoms with Crippen LogP contribution >= 0.6 is 0 Å². The Bertz CT molecular complexity index is 1520. The van der Waals surface area contributed by atoms with Gasteiger partial charge in [0.05, 0.1) is 5.52 Å². The molecule has 0 unspecified atom stereocenters. The topological polar surface area (TPSA) is 62.6 Å². The van der Waals surface area contributed by atoms with Crippen LogP contribution in [0.4, 0.5) is 4.39 Å². The Labute approximate surface area is 197 Å². The van der Waals surface area contributed by atoms with Crippen LogP contribution in [0.2, 0.25) is 0 Å². The summed E-state index contributed by atoms with van der Waals surface area (Å²) in [6.45, 7) is 6.05. The van der Waals surface area contributed by atoms with Crippen LogP contribution in [0.15, 0.2) is 48.9 Å². The molecule has 4 aromatic heterocycles. The summed E-state index contributed by atoms with van der Waals surface area (Å²) < 4.78 is 17.6. The van der Waals surface area contributed by atoms with Crippen molar-refractivity contribution in [1.82, 2.24) is 29.4 Å². The first kappa shape index (κ1) is 21.0. The number of aromatic amines is 1. The van der Waals surface area contributed by atoms with Gasteiger partial charge in [0.2, 0.25) is 0 Å². The molecule has 0 spiro atoms. The first-order valence-electron chi connectivity index (χ1n) is 11.8. The summed E-state index contributed by atoms with van der Waals surface area (Å²) in [5.74, 6) is 0.583. The van der Waals surface area contributed by atoms with E-state index in [0.29, 0.717) is 11.6 Å². The van der Waals surface area contributed by atoms with Crippen LogP contribution in [0.3, 0.4) is 0 Å². The molecule has 0 atom stereocenters. The van der Waals surface area contributed by atoms with E-state index in [1.807, 2.05) is 38.4 Å². The van der Waals surface area contributed by atoms with Gasteiger partial charge in [-0.3, -0.25) is 4.98 Å². The van der Waals surface area contributed by atoms with Gasteiger partial charge in [-0.05, 0) is 76.7 Å². The maximum atomic E-state index is 15.3. The Morgan fingerprint density at radius 1 is 1.03 bits per heavy atom. The van der Waals surface area contributed by atoms with E-state index in [-0.39, 0.29) is 5.82 Å². The minimum absolute atomic E-state index is 0.288. The number of nitrogens with zero attached hydrogens (tertiary/aromatic N) is 5. The predicted octanol–water partition coefficient (Wildman–Crippen LogP) is 5.66. The summed E-state index contributed by atoms with van der Waals surface area (Å²) >= 11 is 0. The van der Waals surface area contributed by atoms with Crippen molar-refractivity contribution in [2.75, 3.05) is 20.1 Å². The van der Waals surface area contributed by atoms with Gasteiger partial charge < -0.3 is 14.5 Å². The average Bonchev–Trinajstić information content (AvgIpc) is 3.40. The van der Waals surface area contributed by atoms with Crippen molar-refractivity contribution in [3.63, 3.8) is 0 Å². The van der Waals surface area contributed by atoms with Gasteiger partial charge in [0, 0.05) is 52.4 Å². The average molecular weight is 455 g/mol. The number of H-pyrrole nitrogens is 1. The molecule has 5 aromatic rings. The number of aromatic nitrogens is 5. The summed E-state index contributed by atoms with van der Waals surface area (Å²) in [6.07, 6.45) is 7.65. The summed E-state index contributed by atoms with van der Waals surface area (Å²) in [4.78, 5) is 19.3. The summed E-state index contributed by atoms with van der Waals surface area (Å²) in [6, 6.07) is 10.1. The fourth-order valence-corrected chi connectivity index (χ4v) is 5.32. The molecule has 1 N–H and O–H groups in total. The molecule has 34 heavy (non-hydrogen) atoms. The fraction of sp³-hybridized carbons (Fsp3) is 0.296. The number of halogens is 1. The van der Waals surface area contributed by atoms with Gasteiger partial charge in [0.15, 0.2) is 5.82 Å². The van der Waals surface area contributed by atoms with Crippen LogP contribution in [0, 0.1) is 19.7 Å². The van der Waals surface area contributed by atoms with Crippen LogP contribution < -0.4 is 0 Å². The second-order valence-electron chi connectivity index (χ2n) is 9.35. The molecule has 0 bridgehead atoms. The Morgan fingerprint density at radius 3 is 2.65 bits per heavy atom. The van der Waals surface area contributed by atoms with Crippen molar-refractivity contribution in [3.05, 3.63) is 66.3 Å². The number of likely N-dealkylation sites (tertiary alicyclic amines) is 1. The zero-order chi connectivity index (χ0) is 23.4. The van der Waals surface area contributed by atoms with Crippen LogP contribution in [-0.4, -0.2) is 49.5 Å². The van der Waals surface area contributed by atoms with Crippen molar-refractivity contribution < 1.29 is 4.39 Å². The molecule has 1 fully saturated rings. The van der Waals surface area contributed by atoms with Crippen LogP contribution in [0.5, 0.6) is 0 Å². The lowest BCUT2D eigenvalue weighted by atomic mass is 10.0. The number of hydrogen-bond acceptors (Lipinski definition) is 4. The third-order valence-electron chi connectivity index (χ3n) is 7.14. The van der Waals surface area contributed by atoms with Gasteiger partial charge in [0.1, 0.15) is 17.0 Å². The highest BCUT2D eigenvalue weighted by molar-refractivity contribution is 5.97. The van der Waals surface area contributed by atoms with Crippen molar-refractivity contribution in [3.8, 4) is 22.3 Å². The number of nitrogens with one attached hydrogen (secondary N) is 1. The monoisotopic (exact) mass is 454 g/mol. The molecule has 6 nitrogen and oxygen atoms in total. The smallest absolute Gasteiger partial charge is 0.151 e. The standard InChI is InChI=1S/C27H27FN6/c1-16-21(5-4-8-29-16)19-11-22-23(15-31-27(22)30-14-19)18-12-24(28)26-25(13-18)34(17(2)32-26)20-6-9-33(3)10-7-20/h4-5,8,11-15,20H,6-7,9-10H2,1-3H3,(H,30,31). The number of imidazole rings is 1. The fourth-order valence-electron chi connectivity index (χ4n) is 5.32. The Kier molecular flexibility index (Phi) is 4.95. The molecule has 0 radical (unpaired) electrons. The molecule has 1 aliphatic rings. The molecule has 1 aromatic carbocycles. The van der Waals surface area contributed by atoms with Gasteiger partial charge in [-0.25, -0.2) is 14.4 Å². The lowest BCUT2D eigenvalue weighted by Crippen LogP contribution is -2.31. The number of fused-ring (bicyclic) bond motifs is 2. The number of benzene rings is 1. The van der Waals surface area contributed by atoms with Crippen molar-refractivity contribution in [1.29, 1.82) is 0 Å². The molecule has 0 saturated carbocycles. The van der Waals surface area contributed by atoms with Crippen LogP contribution in [0.25, 0.3) is 44.3 Å². The molecular weight excluding hydrogens is 427 g/mol. The van der Waals surface area contributed by atoms with Gasteiger partial charge >= 0.3 is 0 Å². The zero-order valence-electron chi connectivity index (χ0n) is 19.6. The highest BCUT2D eigenvalue weighted by Gasteiger charge is 2.24. The number of piperidine rings is 1.